The van der Waals surface area contributed by atoms with E-state index in [0.717, 1.165) is 12.1 Å². The van der Waals surface area contributed by atoms with Crippen LogP contribution in [0.15, 0.2) is 30.3 Å². The van der Waals surface area contributed by atoms with Crippen LogP contribution in [0.2, 0.25) is 0 Å². The third-order valence-electron chi connectivity index (χ3n) is 3.31. The minimum atomic E-state index is -1.19. The van der Waals surface area contributed by atoms with Gasteiger partial charge in [0.2, 0.25) is 0 Å². The molecule has 1 heterocycles. The molecule has 0 spiro atoms. The second-order valence-electron chi connectivity index (χ2n) is 5.28. The molecule has 2 aromatic rings. The lowest BCUT2D eigenvalue weighted by atomic mass is 9.96. The number of aryl methyl sites for hydroxylation is 2. The zero-order valence-electron chi connectivity index (χ0n) is 12.5. The van der Waals surface area contributed by atoms with Crippen LogP contribution in [-0.4, -0.2) is 21.6 Å². The third kappa shape index (κ3) is 3.98. The van der Waals surface area contributed by atoms with Crippen molar-refractivity contribution >= 4 is 5.82 Å². The van der Waals surface area contributed by atoms with Gasteiger partial charge in [-0.05, 0) is 38.0 Å². The van der Waals surface area contributed by atoms with Crippen LogP contribution in [0.1, 0.15) is 30.9 Å². The minimum Gasteiger partial charge on any atom is -0.384 e. The molecule has 1 unspecified atom stereocenters. The number of halogens is 1. The quantitative estimate of drug-likeness (QED) is 0.888. The standard InChI is InChI=1S/C16H20FN3O/c1-4-14-9-15(20-11(2)19-14)18-10-16(3,21)12-6-5-7-13(17)8-12/h5-9,21H,4,10H2,1-3H3,(H,18,19,20). The number of nitrogens with one attached hydrogen (secondary N) is 1. The average molecular weight is 289 g/mol. The molecule has 0 aliphatic carbocycles. The molecule has 2 rings (SSSR count). The molecule has 0 saturated carbocycles. The Morgan fingerprint density at radius 3 is 2.71 bits per heavy atom. The SMILES string of the molecule is CCc1cc(NCC(C)(O)c2cccc(F)c2)nc(C)n1. The Bertz CT molecular complexity index is 629. The lowest BCUT2D eigenvalue weighted by Gasteiger charge is -2.24. The highest BCUT2D eigenvalue weighted by Crippen LogP contribution is 2.22. The van der Waals surface area contributed by atoms with E-state index in [4.69, 9.17) is 0 Å². The fourth-order valence-corrected chi connectivity index (χ4v) is 2.09. The molecule has 21 heavy (non-hydrogen) atoms. The van der Waals surface area contributed by atoms with Crippen molar-refractivity contribution in [1.29, 1.82) is 0 Å². The first-order chi connectivity index (χ1) is 9.90. The van der Waals surface area contributed by atoms with E-state index in [1.165, 1.54) is 12.1 Å². The molecule has 112 valence electrons. The molecule has 0 aliphatic heterocycles. The van der Waals surface area contributed by atoms with Crippen LogP contribution < -0.4 is 5.32 Å². The molecule has 4 nitrogen and oxygen atoms in total. The first kappa shape index (κ1) is 15.4. The first-order valence-electron chi connectivity index (χ1n) is 6.97. The normalized spacial score (nSPS) is 13.8. The Morgan fingerprint density at radius 2 is 2.05 bits per heavy atom. The molecule has 1 aromatic carbocycles. The molecule has 0 saturated heterocycles. The minimum absolute atomic E-state index is 0.232. The highest BCUT2D eigenvalue weighted by atomic mass is 19.1. The predicted molar refractivity (Wildman–Crippen MR) is 80.6 cm³/mol. The number of hydrogen-bond donors (Lipinski definition) is 2. The molecule has 1 atom stereocenters. The second kappa shape index (κ2) is 6.18. The van der Waals surface area contributed by atoms with E-state index >= 15 is 0 Å². The van der Waals surface area contributed by atoms with Gasteiger partial charge in [0.25, 0.3) is 0 Å². The summed E-state index contributed by atoms with van der Waals surface area (Å²) < 4.78 is 13.3. The van der Waals surface area contributed by atoms with Gasteiger partial charge in [0, 0.05) is 18.3 Å². The van der Waals surface area contributed by atoms with Crippen LogP contribution in [0.3, 0.4) is 0 Å². The molecule has 0 radical (unpaired) electrons. The highest BCUT2D eigenvalue weighted by molar-refractivity contribution is 5.37. The van der Waals surface area contributed by atoms with E-state index in [1.807, 2.05) is 19.9 Å². The maximum absolute atomic E-state index is 13.3. The molecular weight excluding hydrogens is 269 g/mol. The number of hydrogen-bond acceptors (Lipinski definition) is 4. The summed E-state index contributed by atoms with van der Waals surface area (Å²) in [4.78, 5) is 8.59. The van der Waals surface area contributed by atoms with Crippen molar-refractivity contribution in [3.05, 3.63) is 53.2 Å². The van der Waals surface area contributed by atoms with Crippen molar-refractivity contribution in [2.75, 3.05) is 11.9 Å². The van der Waals surface area contributed by atoms with Gasteiger partial charge in [-0.25, -0.2) is 14.4 Å². The summed E-state index contributed by atoms with van der Waals surface area (Å²) >= 11 is 0. The van der Waals surface area contributed by atoms with E-state index in [-0.39, 0.29) is 12.4 Å². The second-order valence-corrected chi connectivity index (χ2v) is 5.28. The zero-order chi connectivity index (χ0) is 15.5. The van der Waals surface area contributed by atoms with Gasteiger partial charge in [0.05, 0.1) is 0 Å². The van der Waals surface area contributed by atoms with Crippen LogP contribution in [0.5, 0.6) is 0 Å². The van der Waals surface area contributed by atoms with Gasteiger partial charge in [0.15, 0.2) is 0 Å². The number of benzene rings is 1. The van der Waals surface area contributed by atoms with Crippen LogP contribution in [-0.2, 0) is 12.0 Å². The van der Waals surface area contributed by atoms with E-state index in [1.54, 1.807) is 19.1 Å². The fourth-order valence-electron chi connectivity index (χ4n) is 2.09. The van der Waals surface area contributed by atoms with Gasteiger partial charge in [-0.3, -0.25) is 0 Å². The number of rotatable bonds is 5. The predicted octanol–water partition coefficient (Wildman–Crippen LogP) is 2.81. The maximum atomic E-state index is 13.3. The van der Waals surface area contributed by atoms with E-state index in [9.17, 15) is 9.50 Å². The fraction of sp³-hybridized carbons (Fsp3) is 0.375. The largest absolute Gasteiger partial charge is 0.384 e. The lowest BCUT2D eigenvalue weighted by molar-refractivity contribution is 0.0711. The Hall–Kier alpha value is -2.01. The Balaban J connectivity index is 2.13. The van der Waals surface area contributed by atoms with Crippen LogP contribution in [0.25, 0.3) is 0 Å². The number of nitrogens with zero attached hydrogens (tertiary/aromatic N) is 2. The van der Waals surface area contributed by atoms with Gasteiger partial charge in [-0.2, -0.15) is 0 Å². The Labute approximate surface area is 124 Å². The van der Waals surface area contributed by atoms with Gasteiger partial charge in [-0.15, -0.1) is 0 Å². The molecule has 0 aliphatic rings. The van der Waals surface area contributed by atoms with Crippen LogP contribution >= 0.6 is 0 Å². The molecule has 5 heteroatoms. The first-order valence-corrected chi connectivity index (χ1v) is 6.97. The number of aliphatic hydroxyl groups is 1. The Morgan fingerprint density at radius 1 is 1.29 bits per heavy atom. The van der Waals surface area contributed by atoms with Crippen molar-refractivity contribution in [3.63, 3.8) is 0 Å². The third-order valence-corrected chi connectivity index (χ3v) is 3.31. The molecule has 0 amide bonds. The highest BCUT2D eigenvalue weighted by Gasteiger charge is 2.23. The lowest BCUT2D eigenvalue weighted by Crippen LogP contribution is -2.31. The van der Waals surface area contributed by atoms with Gasteiger partial charge < -0.3 is 10.4 Å². The summed E-state index contributed by atoms with van der Waals surface area (Å²) in [6.07, 6.45) is 0.818. The summed E-state index contributed by atoms with van der Waals surface area (Å²) in [7, 11) is 0. The monoisotopic (exact) mass is 289 g/mol. The summed E-state index contributed by atoms with van der Waals surface area (Å²) in [5, 5.41) is 13.6. The van der Waals surface area contributed by atoms with Gasteiger partial charge in [-0.1, -0.05) is 19.1 Å². The van der Waals surface area contributed by atoms with Crippen molar-refractivity contribution in [2.45, 2.75) is 32.8 Å². The summed E-state index contributed by atoms with van der Waals surface area (Å²) in [6.45, 7) is 5.73. The summed E-state index contributed by atoms with van der Waals surface area (Å²) in [6, 6.07) is 7.84. The summed E-state index contributed by atoms with van der Waals surface area (Å²) in [5.74, 6) is 0.984. The van der Waals surface area contributed by atoms with Gasteiger partial charge in [0.1, 0.15) is 23.1 Å². The molecule has 0 bridgehead atoms. The van der Waals surface area contributed by atoms with E-state index in [0.29, 0.717) is 17.2 Å². The zero-order valence-corrected chi connectivity index (χ0v) is 12.5. The molecule has 2 N–H and O–H groups in total. The van der Waals surface area contributed by atoms with Gasteiger partial charge >= 0.3 is 0 Å². The summed E-state index contributed by atoms with van der Waals surface area (Å²) in [5.41, 5.74) is 0.278. The van der Waals surface area contributed by atoms with E-state index in [2.05, 4.69) is 15.3 Å². The smallest absolute Gasteiger partial charge is 0.130 e. The molecule has 0 fully saturated rings. The van der Waals surface area contributed by atoms with Crippen LogP contribution in [0.4, 0.5) is 10.2 Å². The molecular formula is C16H20FN3O. The molecule has 1 aromatic heterocycles. The van der Waals surface area contributed by atoms with Crippen molar-refractivity contribution in [1.82, 2.24) is 9.97 Å². The van der Waals surface area contributed by atoms with Crippen molar-refractivity contribution in [3.8, 4) is 0 Å². The van der Waals surface area contributed by atoms with Crippen molar-refractivity contribution in [2.24, 2.45) is 0 Å². The maximum Gasteiger partial charge on any atom is 0.130 e. The average Bonchev–Trinajstić information content (AvgIpc) is 2.44. The van der Waals surface area contributed by atoms with E-state index < -0.39 is 5.60 Å². The topological polar surface area (TPSA) is 58.0 Å². The van der Waals surface area contributed by atoms with Crippen molar-refractivity contribution < 1.29 is 9.50 Å². The Kier molecular flexibility index (Phi) is 4.53. The number of anilines is 1. The van der Waals surface area contributed by atoms with Crippen LogP contribution in [0, 0.1) is 12.7 Å². The number of aromatic nitrogens is 2.